The summed E-state index contributed by atoms with van der Waals surface area (Å²) in [6.45, 7) is 5.25. The van der Waals surface area contributed by atoms with Gasteiger partial charge in [-0.15, -0.1) is 0 Å². The quantitative estimate of drug-likeness (QED) is 0.287. The Bertz CT molecular complexity index is 1410. The number of hydrogen-bond donors (Lipinski definition) is 1. The van der Waals surface area contributed by atoms with Crippen molar-refractivity contribution >= 4 is 17.8 Å². The molecule has 262 valence electrons. The molecule has 5 saturated carbocycles. The van der Waals surface area contributed by atoms with Gasteiger partial charge in [-0.3, -0.25) is 14.4 Å². The number of nitrogens with zero attached hydrogens (tertiary/aromatic N) is 1. The fourth-order valence-electron chi connectivity index (χ4n) is 10.6. The molecule has 4 bridgehead atoms. The molecule has 8 rings (SSSR count). The molecule has 7 aliphatic rings. The lowest BCUT2D eigenvalue weighted by Crippen LogP contribution is -2.62. The maximum Gasteiger partial charge on any atom is 0.320 e. The SMILES string of the molecule is COC(=O)[C@]12C[C@H](CC(=O)NCC34CC5CC(CC(C5)C3)C4)C(=O)N(CCc3ccc(OC)c(OC)c3)C1=C[C@H](C(C)C)O[C@@H]2C1CC1. The molecule has 1 aromatic carbocycles. The number of amides is 2. The molecule has 2 aliphatic heterocycles. The van der Waals surface area contributed by atoms with Crippen LogP contribution in [0.25, 0.3) is 0 Å². The number of ether oxygens (including phenoxy) is 4. The van der Waals surface area contributed by atoms with Gasteiger partial charge in [-0.25, -0.2) is 0 Å². The van der Waals surface area contributed by atoms with E-state index in [1.165, 1.54) is 45.6 Å². The second kappa shape index (κ2) is 13.0. The Balaban J connectivity index is 1.17. The molecule has 1 N–H and O–H groups in total. The van der Waals surface area contributed by atoms with Crippen LogP contribution >= 0.6 is 0 Å². The van der Waals surface area contributed by atoms with Crippen molar-refractivity contribution in [3.63, 3.8) is 0 Å². The third kappa shape index (κ3) is 6.02. The Kier molecular flexibility index (Phi) is 9.05. The molecular formula is C39H54N2O7. The maximum atomic E-state index is 14.6. The lowest BCUT2D eigenvalue weighted by atomic mass is 9.49. The van der Waals surface area contributed by atoms with Crippen LogP contribution in [-0.4, -0.2) is 69.3 Å². The lowest BCUT2D eigenvalue weighted by molar-refractivity contribution is -0.182. The van der Waals surface area contributed by atoms with Crippen LogP contribution in [0.3, 0.4) is 0 Å². The first-order chi connectivity index (χ1) is 23.1. The molecule has 2 amide bonds. The van der Waals surface area contributed by atoms with Crippen molar-refractivity contribution in [1.82, 2.24) is 10.2 Å². The maximum absolute atomic E-state index is 14.6. The lowest BCUT2D eigenvalue weighted by Gasteiger charge is -2.57. The first-order valence-electron chi connectivity index (χ1n) is 18.3. The van der Waals surface area contributed by atoms with Gasteiger partial charge in [0.05, 0.1) is 33.5 Å². The summed E-state index contributed by atoms with van der Waals surface area (Å²) >= 11 is 0. The smallest absolute Gasteiger partial charge is 0.320 e. The van der Waals surface area contributed by atoms with Crippen molar-refractivity contribution in [2.45, 2.75) is 96.7 Å². The molecular weight excluding hydrogens is 608 g/mol. The van der Waals surface area contributed by atoms with Crippen molar-refractivity contribution < 1.29 is 33.3 Å². The second-order valence-electron chi connectivity index (χ2n) is 16.3. The predicted molar refractivity (Wildman–Crippen MR) is 180 cm³/mol. The Morgan fingerprint density at radius 2 is 1.65 bits per heavy atom. The van der Waals surface area contributed by atoms with Crippen LogP contribution in [-0.2, 0) is 30.3 Å². The number of piperidine rings is 1. The van der Waals surface area contributed by atoms with Gasteiger partial charge in [-0.05, 0) is 123 Å². The van der Waals surface area contributed by atoms with Gasteiger partial charge < -0.3 is 29.2 Å². The highest BCUT2D eigenvalue weighted by atomic mass is 16.5. The predicted octanol–water partition coefficient (Wildman–Crippen LogP) is 5.69. The highest BCUT2D eigenvalue weighted by Gasteiger charge is 2.64. The van der Waals surface area contributed by atoms with Crippen molar-refractivity contribution in [2.24, 2.45) is 46.3 Å². The first kappa shape index (κ1) is 33.4. The molecule has 0 spiro atoms. The summed E-state index contributed by atoms with van der Waals surface area (Å²) in [4.78, 5) is 44.3. The summed E-state index contributed by atoms with van der Waals surface area (Å²) in [5.74, 6) is 2.79. The normalized spacial score (nSPS) is 35.2. The van der Waals surface area contributed by atoms with Crippen LogP contribution in [0.4, 0.5) is 0 Å². The molecule has 1 saturated heterocycles. The van der Waals surface area contributed by atoms with E-state index in [0.717, 1.165) is 36.2 Å². The highest BCUT2D eigenvalue weighted by molar-refractivity contribution is 5.93. The Morgan fingerprint density at radius 1 is 0.979 bits per heavy atom. The largest absolute Gasteiger partial charge is 0.493 e. The van der Waals surface area contributed by atoms with Crippen molar-refractivity contribution in [2.75, 3.05) is 34.4 Å². The molecule has 0 aromatic heterocycles. The Hall–Kier alpha value is -3.07. The van der Waals surface area contributed by atoms with Crippen LogP contribution in [0.5, 0.6) is 11.5 Å². The van der Waals surface area contributed by atoms with E-state index in [1.807, 2.05) is 24.3 Å². The number of nitrogens with one attached hydrogen (secondary N) is 1. The number of carbonyl (C=O) groups is 3. The van der Waals surface area contributed by atoms with Gasteiger partial charge in [0.25, 0.3) is 0 Å². The molecule has 1 aromatic rings. The highest BCUT2D eigenvalue weighted by Crippen LogP contribution is 2.60. The van der Waals surface area contributed by atoms with Crippen molar-refractivity contribution in [1.29, 1.82) is 0 Å². The number of methoxy groups -OCH3 is 3. The third-order valence-corrected chi connectivity index (χ3v) is 12.6. The average molecular weight is 663 g/mol. The van der Waals surface area contributed by atoms with E-state index < -0.39 is 17.4 Å². The Morgan fingerprint density at radius 3 is 2.23 bits per heavy atom. The zero-order chi connectivity index (χ0) is 33.8. The minimum atomic E-state index is -1.16. The number of carbonyl (C=O) groups excluding carboxylic acids is 3. The molecule has 5 aliphatic carbocycles. The molecule has 6 fully saturated rings. The fourth-order valence-corrected chi connectivity index (χ4v) is 10.6. The van der Waals surface area contributed by atoms with E-state index in [2.05, 4.69) is 19.2 Å². The van der Waals surface area contributed by atoms with Crippen LogP contribution in [0, 0.1) is 46.3 Å². The summed E-state index contributed by atoms with van der Waals surface area (Å²) in [6, 6.07) is 5.77. The minimum Gasteiger partial charge on any atom is -0.493 e. The van der Waals surface area contributed by atoms with Crippen molar-refractivity contribution in [3.05, 3.63) is 35.5 Å². The monoisotopic (exact) mass is 662 g/mol. The second-order valence-corrected chi connectivity index (χ2v) is 16.3. The molecule has 2 heterocycles. The molecule has 0 radical (unpaired) electrons. The van der Waals surface area contributed by atoms with Gasteiger partial charge in [0, 0.05) is 31.1 Å². The van der Waals surface area contributed by atoms with Gasteiger partial charge in [-0.2, -0.15) is 0 Å². The summed E-state index contributed by atoms with van der Waals surface area (Å²) in [5, 5.41) is 3.30. The minimum absolute atomic E-state index is 0.0507. The van der Waals surface area contributed by atoms with Crippen LogP contribution < -0.4 is 14.8 Å². The topological polar surface area (TPSA) is 103 Å². The number of hydrogen-bond acceptors (Lipinski definition) is 7. The third-order valence-electron chi connectivity index (χ3n) is 12.6. The standard InChI is InChI=1S/C39H54N2O7/c1-23(2)31-17-33-39(37(44)47-5,35(48-31)28-7-8-28)21-29(36(43)41(33)11-10-24-6-9-30(45-3)32(15-24)46-4)16-34(42)40-22-38-18-25-12-26(19-38)14-27(13-25)20-38/h6,9,15,17,23,25-29,31,35H,7-8,10-14,16,18-22H2,1-5H3,(H,40,42)/t25?,26?,27?,29-,31+,35+,38?,39+/m0/s1. The van der Waals surface area contributed by atoms with Gasteiger partial charge in [0.2, 0.25) is 11.8 Å². The molecule has 9 heteroatoms. The van der Waals surface area contributed by atoms with E-state index in [4.69, 9.17) is 18.9 Å². The molecule has 48 heavy (non-hydrogen) atoms. The molecule has 4 atom stereocenters. The van der Waals surface area contributed by atoms with Crippen LogP contribution in [0.2, 0.25) is 0 Å². The summed E-state index contributed by atoms with van der Waals surface area (Å²) in [5.41, 5.74) is 0.714. The van der Waals surface area contributed by atoms with E-state index in [1.54, 1.807) is 19.1 Å². The summed E-state index contributed by atoms with van der Waals surface area (Å²) < 4.78 is 23.3. The van der Waals surface area contributed by atoms with Gasteiger partial charge >= 0.3 is 5.97 Å². The van der Waals surface area contributed by atoms with Gasteiger partial charge in [-0.1, -0.05) is 19.9 Å². The fraction of sp³-hybridized carbons (Fsp3) is 0.718. The van der Waals surface area contributed by atoms with Crippen molar-refractivity contribution in [3.8, 4) is 11.5 Å². The number of likely N-dealkylation sites (tertiary alicyclic amines) is 1. The summed E-state index contributed by atoms with van der Waals surface area (Å²) in [7, 11) is 4.63. The van der Waals surface area contributed by atoms with E-state index in [9.17, 15) is 14.4 Å². The van der Waals surface area contributed by atoms with Crippen LogP contribution in [0.15, 0.2) is 30.0 Å². The first-order valence-corrected chi connectivity index (χ1v) is 18.3. The number of esters is 1. The van der Waals surface area contributed by atoms with E-state index in [0.29, 0.717) is 36.7 Å². The number of benzene rings is 1. The van der Waals surface area contributed by atoms with E-state index in [-0.39, 0.29) is 54.0 Å². The molecule has 0 unspecified atom stereocenters. The number of fused-ring (bicyclic) bond motifs is 1. The zero-order valence-corrected chi connectivity index (χ0v) is 29.4. The van der Waals surface area contributed by atoms with E-state index >= 15 is 0 Å². The average Bonchev–Trinajstić information content (AvgIpc) is 3.91. The zero-order valence-electron chi connectivity index (χ0n) is 29.4. The summed E-state index contributed by atoms with van der Waals surface area (Å²) in [6.07, 6.45) is 11.8. The number of rotatable bonds is 12. The van der Waals surface area contributed by atoms with Gasteiger partial charge in [0.15, 0.2) is 11.5 Å². The van der Waals surface area contributed by atoms with Gasteiger partial charge in [0.1, 0.15) is 5.41 Å². The molecule has 9 nitrogen and oxygen atoms in total. The Labute approximate surface area is 285 Å². The van der Waals surface area contributed by atoms with Crippen LogP contribution in [0.1, 0.15) is 83.6 Å².